The van der Waals surface area contributed by atoms with E-state index >= 15 is 0 Å². The fourth-order valence-electron chi connectivity index (χ4n) is 7.54. The monoisotopic (exact) mass is 660 g/mol. The van der Waals surface area contributed by atoms with Gasteiger partial charge < -0.3 is 9.13 Å². The third kappa shape index (κ3) is 4.62. The lowest BCUT2D eigenvalue weighted by Crippen LogP contribution is -2.01. The predicted molar refractivity (Wildman–Crippen MR) is 205 cm³/mol. The molecule has 238 valence electrons. The summed E-state index contributed by atoms with van der Waals surface area (Å²) in [6, 6.07) is 56.7. The summed E-state index contributed by atoms with van der Waals surface area (Å²) >= 11 is 0. The van der Waals surface area contributed by atoms with Crippen molar-refractivity contribution in [2.24, 2.45) is 0 Å². The number of fused-ring (bicyclic) bond motifs is 6. The molecule has 0 N–H and O–H groups in total. The Morgan fingerprint density at radius 1 is 0.365 bits per heavy atom. The van der Waals surface area contributed by atoms with Crippen LogP contribution in [0.1, 0.15) is 22.3 Å². The molecule has 0 bridgehead atoms. The van der Waals surface area contributed by atoms with E-state index in [2.05, 4.69) is 75.9 Å². The van der Waals surface area contributed by atoms with Crippen molar-refractivity contribution in [1.29, 1.82) is 21.0 Å². The van der Waals surface area contributed by atoms with Gasteiger partial charge in [0.2, 0.25) is 0 Å². The summed E-state index contributed by atoms with van der Waals surface area (Å²) in [6.45, 7) is 0. The maximum Gasteiger partial charge on any atom is 0.0998 e. The fraction of sp³-hybridized carbons (Fsp3) is 0. The zero-order valence-electron chi connectivity index (χ0n) is 27.5. The van der Waals surface area contributed by atoms with Crippen molar-refractivity contribution >= 4 is 43.6 Å². The van der Waals surface area contributed by atoms with E-state index in [1.165, 1.54) is 0 Å². The van der Waals surface area contributed by atoms with Gasteiger partial charge in [0.1, 0.15) is 0 Å². The van der Waals surface area contributed by atoms with Gasteiger partial charge in [-0.2, -0.15) is 21.0 Å². The minimum atomic E-state index is 0.430. The van der Waals surface area contributed by atoms with Crippen LogP contribution in [0.4, 0.5) is 0 Å². The summed E-state index contributed by atoms with van der Waals surface area (Å²) in [7, 11) is 0. The SMILES string of the molecule is N#Cc1cc(-c2cc(-n3c4ccccc4c4ccccc43)c(-c3ccccc3)cc2C#N)cc(-n2c3ccc(C#N)cc3c3cc(C#N)ccc32)c1. The first-order valence-electron chi connectivity index (χ1n) is 16.7. The van der Waals surface area contributed by atoms with Crippen LogP contribution in [0.25, 0.3) is 77.2 Å². The van der Waals surface area contributed by atoms with E-state index in [-0.39, 0.29) is 0 Å². The first-order chi connectivity index (χ1) is 25.6. The second-order valence-corrected chi connectivity index (χ2v) is 12.7. The minimum Gasteiger partial charge on any atom is -0.309 e. The second-order valence-electron chi connectivity index (χ2n) is 12.7. The molecule has 0 saturated heterocycles. The topological polar surface area (TPSA) is 105 Å². The van der Waals surface area contributed by atoms with Gasteiger partial charge in [0.15, 0.2) is 0 Å². The van der Waals surface area contributed by atoms with Gasteiger partial charge in [0.05, 0.1) is 74.3 Å². The minimum absolute atomic E-state index is 0.430. The fourth-order valence-corrected chi connectivity index (χ4v) is 7.54. The number of aromatic nitrogens is 2. The summed E-state index contributed by atoms with van der Waals surface area (Å²) < 4.78 is 4.31. The predicted octanol–water partition coefficient (Wildman–Crippen LogP) is 10.7. The molecule has 2 heterocycles. The van der Waals surface area contributed by atoms with Gasteiger partial charge in [0, 0.05) is 38.4 Å². The van der Waals surface area contributed by atoms with Crippen LogP contribution >= 0.6 is 0 Å². The van der Waals surface area contributed by atoms with E-state index in [1.807, 2.05) is 91.0 Å². The van der Waals surface area contributed by atoms with Crippen molar-refractivity contribution in [2.45, 2.75) is 0 Å². The van der Waals surface area contributed by atoms with Crippen LogP contribution in [0.5, 0.6) is 0 Å². The molecule has 0 spiro atoms. The molecule has 0 atom stereocenters. The molecular weight excluding hydrogens is 637 g/mol. The normalized spacial score (nSPS) is 11.0. The lowest BCUT2D eigenvalue weighted by Gasteiger charge is -2.18. The molecule has 2 aromatic heterocycles. The maximum absolute atomic E-state index is 10.7. The number of nitriles is 4. The molecule has 9 rings (SSSR count). The Morgan fingerprint density at radius 3 is 1.50 bits per heavy atom. The van der Waals surface area contributed by atoms with Gasteiger partial charge in [0.25, 0.3) is 0 Å². The first-order valence-corrected chi connectivity index (χ1v) is 16.7. The number of para-hydroxylation sites is 2. The van der Waals surface area contributed by atoms with Crippen molar-refractivity contribution in [3.05, 3.63) is 168 Å². The van der Waals surface area contributed by atoms with Crippen LogP contribution in [-0.4, -0.2) is 9.13 Å². The molecule has 6 heteroatoms. The molecule has 0 aliphatic carbocycles. The van der Waals surface area contributed by atoms with E-state index in [0.717, 1.165) is 66.1 Å². The van der Waals surface area contributed by atoms with Gasteiger partial charge >= 0.3 is 0 Å². The average molecular weight is 661 g/mol. The standard InChI is InChI=1S/C46H24N6/c47-25-29-14-16-44-40(20-29)41-21-30(26-48)15-17-45(41)51(44)35-19-31(27-49)18-33(22-35)38-24-46(39(23-34(38)28-50)32-8-2-1-3-9-32)52-42-12-6-4-10-36(42)37-11-5-7-13-43(37)52/h1-24H. The molecule has 0 unspecified atom stereocenters. The number of benzene rings is 7. The summed E-state index contributed by atoms with van der Waals surface area (Å²) in [5.41, 5.74) is 10.6. The maximum atomic E-state index is 10.7. The molecule has 52 heavy (non-hydrogen) atoms. The van der Waals surface area contributed by atoms with Gasteiger partial charge in [-0.15, -0.1) is 0 Å². The third-order valence-electron chi connectivity index (χ3n) is 9.80. The molecule has 9 aromatic rings. The van der Waals surface area contributed by atoms with Crippen LogP contribution in [0.2, 0.25) is 0 Å². The molecule has 7 aromatic carbocycles. The number of nitrogens with zero attached hydrogens (tertiary/aromatic N) is 6. The Hall–Kier alpha value is -7.90. The quantitative estimate of drug-likeness (QED) is 0.187. The largest absolute Gasteiger partial charge is 0.309 e. The van der Waals surface area contributed by atoms with E-state index in [0.29, 0.717) is 33.4 Å². The average Bonchev–Trinajstić information content (AvgIpc) is 3.72. The Balaban J connectivity index is 1.36. The number of hydrogen-bond acceptors (Lipinski definition) is 4. The van der Waals surface area contributed by atoms with Crippen LogP contribution in [-0.2, 0) is 0 Å². The van der Waals surface area contributed by atoms with Crippen molar-refractivity contribution < 1.29 is 0 Å². The Labute approximate surface area is 298 Å². The van der Waals surface area contributed by atoms with Crippen LogP contribution < -0.4 is 0 Å². The van der Waals surface area contributed by atoms with Crippen molar-refractivity contribution in [1.82, 2.24) is 9.13 Å². The third-order valence-corrected chi connectivity index (χ3v) is 9.80. The van der Waals surface area contributed by atoms with E-state index < -0.39 is 0 Å². The van der Waals surface area contributed by atoms with E-state index in [9.17, 15) is 21.0 Å². The molecule has 0 saturated carbocycles. The summed E-state index contributed by atoms with van der Waals surface area (Å²) in [5, 5.41) is 44.4. The number of rotatable bonds is 4. The van der Waals surface area contributed by atoms with E-state index in [4.69, 9.17) is 0 Å². The smallest absolute Gasteiger partial charge is 0.0998 e. The Kier molecular flexibility index (Phi) is 6.91. The highest BCUT2D eigenvalue weighted by Gasteiger charge is 2.21. The van der Waals surface area contributed by atoms with E-state index in [1.54, 1.807) is 12.1 Å². The van der Waals surface area contributed by atoms with Crippen LogP contribution in [0.3, 0.4) is 0 Å². The second kappa shape index (κ2) is 11.9. The van der Waals surface area contributed by atoms with Crippen molar-refractivity contribution in [3.8, 4) is 57.9 Å². The van der Waals surface area contributed by atoms with Crippen molar-refractivity contribution in [3.63, 3.8) is 0 Å². The molecule has 6 nitrogen and oxygen atoms in total. The zero-order chi connectivity index (χ0) is 35.3. The summed E-state index contributed by atoms with van der Waals surface area (Å²) in [4.78, 5) is 0. The molecular formula is C46H24N6. The van der Waals surface area contributed by atoms with Gasteiger partial charge in [-0.05, 0) is 90.0 Å². The molecule has 0 aliphatic rings. The first kappa shape index (κ1) is 30.2. The highest BCUT2D eigenvalue weighted by molar-refractivity contribution is 6.11. The summed E-state index contributed by atoms with van der Waals surface area (Å²) in [6.07, 6.45) is 0. The highest BCUT2D eigenvalue weighted by Crippen LogP contribution is 2.41. The zero-order valence-corrected chi connectivity index (χ0v) is 27.5. The number of hydrogen-bond donors (Lipinski definition) is 0. The van der Waals surface area contributed by atoms with Gasteiger partial charge in [-0.25, -0.2) is 0 Å². The van der Waals surface area contributed by atoms with Crippen molar-refractivity contribution in [2.75, 3.05) is 0 Å². The molecule has 0 aliphatic heterocycles. The van der Waals surface area contributed by atoms with Crippen LogP contribution in [0.15, 0.2) is 146 Å². The molecule has 0 amide bonds. The summed E-state index contributed by atoms with van der Waals surface area (Å²) in [5.74, 6) is 0. The van der Waals surface area contributed by atoms with Gasteiger partial charge in [-0.3, -0.25) is 0 Å². The van der Waals surface area contributed by atoms with Crippen LogP contribution in [0, 0.1) is 45.3 Å². The highest BCUT2D eigenvalue weighted by atomic mass is 15.0. The Bertz CT molecular complexity index is 2990. The van der Waals surface area contributed by atoms with Gasteiger partial charge in [-0.1, -0.05) is 66.7 Å². The molecule has 0 fully saturated rings. The lowest BCUT2D eigenvalue weighted by molar-refractivity contribution is 1.17. The molecule has 0 radical (unpaired) electrons. The lowest BCUT2D eigenvalue weighted by atomic mass is 9.92. The Morgan fingerprint density at radius 2 is 0.923 bits per heavy atom.